The molecule has 0 spiro atoms. The van der Waals surface area contributed by atoms with Crippen LogP contribution in [0.4, 0.5) is 5.69 Å². The number of carbonyl (C=O) groups is 1. The molecule has 1 heterocycles. The standard InChI is InChI=1S/C17H15N3O3S/c1-22-14-9-7-12(8-10-14)16-19-17(23-20-16)24-11-15(21)18-13-5-3-2-4-6-13/h2-10H,11H2,1H3,(H,18,21). The average molecular weight is 341 g/mol. The van der Waals surface area contributed by atoms with Gasteiger partial charge < -0.3 is 14.6 Å². The number of amides is 1. The number of rotatable bonds is 6. The maximum atomic E-state index is 11.9. The molecule has 0 atom stereocenters. The molecule has 0 aliphatic carbocycles. The third kappa shape index (κ3) is 4.14. The highest BCUT2D eigenvalue weighted by atomic mass is 32.2. The van der Waals surface area contributed by atoms with Crippen LogP contribution in [0.15, 0.2) is 64.3 Å². The molecule has 24 heavy (non-hydrogen) atoms. The summed E-state index contributed by atoms with van der Waals surface area (Å²) in [6, 6.07) is 16.6. The Hall–Kier alpha value is -2.80. The third-order valence-electron chi connectivity index (χ3n) is 3.14. The molecule has 1 aromatic heterocycles. The number of ether oxygens (including phenoxy) is 1. The molecule has 0 aliphatic rings. The summed E-state index contributed by atoms with van der Waals surface area (Å²) >= 11 is 1.19. The van der Waals surface area contributed by atoms with Gasteiger partial charge in [-0.2, -0.15) is 4.98 Å². The molecule has 1 N–H and O–H groups in total. The molecule has 7 heteroatoms. The topological polar surface area (TPSA) is 77.2 Å². The van der Waals surface area contributed by atoms with Gasteiger partial charge in [0.05, 0.1) is 12.9 Å². The molecule has 122 valence electrons. The minimum Gasteiger partial charge on any atom is -0.497 e. The molecule has 0 saturated heterocycles. The Kier molecular flexibility index (Phi) is 5.12. The minimum atomic E-state index is -0.129. The fourth-order valence-corrected chi connectivity index (χ4v) is 2.54. The van der Waals surface area contributed by atoms with Crippen molar-refractivity contribution < 1.29 is 14.1 Å². The zero-order valence-corrected chi connectivity index (χ0v) is 13.7. The summed E-state index contributed by atoms with van der Waals surface area (Å²) in [7, 11) is 1.61. The summed E-state index contributed by atoms with van der Waals surface area (Å²) in [5.41, 5.74) is 1.58. The van der Waals surface area contributed by atoms with E-state index >= 15 is 0 Å². The van der Waals surface area contributed by atoms with Crippen molar-refractivity contribution in [1.82, 2.24) is 10.1 Å². The number of benzene rings is 2. The van der Waals surface area contributed by atoms with Crippen LogP contribution < -0.4 is 10.1 Å². The summed E-state index contributed by atoms with van der Waals surface area (Å²) in [4.78, 5) is 16.2. The number of thioether (sulfide) groups is 1. The van der Waals surface area contributed by atoms with Crippen molar-refractivity contribution in [3.05, 3.63) is 54.6 Å². The number of para-hydroxylation sites is 1. The van der Waals surface area contributed by atoms with E-state index in [-0.39, 0.29) is 11.7 Å². The lowest BCUT2D eigenvalue weighted by atomic mass is 10.2. The highest BCUT2D eigenvalue weighted by Crippen LogP contribution is 2.23. The monoisotopic (exact) mass is 341 g/mol. The van der Waals surface area contributed by atoms with Gasteiger partial charge in [-0.15, -0.1) is 0 Å². The van der Waals surface area contributed by atoms with Crippen molar-refractivity contribution in [3.8, 4) is 17.1 Å². The van der Waals surface area contributed by atoms with Gasteiger partial charge in [0.15, 0.2) is 0 Å². The Morgan fingerprint density at radius 2 is 1.92 bits per heavy atom. The van der Waals surface area contributed by atoms with Crippen LogP contribution in [0.25, 0.3) is 11.4 Å². The fraction of sp³-hybridized carbons (Fsp3) is 0.118. The van der Waals surface area contributed by atoms with Crippen LogP contribution in [0.3, 0.4) is 0 Å². The van der Waals surface area contributed by atoms with Crippen molar-refractivity contribution in [1.29, 1.82) is 0 Å². The number of hydrogen-bond acceptors (Lipinski definition) is 6. The van der Waals surface area contributed by atoms with Crippen molar-refractivity contribution in [2.24, 2.45) is 0 Å². The largest absolute Gasteiger partial charge is 0.497 e. The number of hydrogen-bond donors (Lipinski definition) is 1. The first-order chi connectivity index (χ1) is 11.7. The van der Waals surface area contributed by atoms with Gasteiger partial charge in [-0.05, 0) is 36.4 Å². The highest BCUT2D eigenvalue weighted by Gasteiger charge is 2.11. The number of aromatic nitrogens is 2. The zero-order valence-electron chi connectivity index (χ0n) is 12.9. The first kappa shape index (κ1) is 16.1. The first-order valence-electron chi connectivity index (χ1n) is 7.20. The first-order valence-corrected chi connectivity index (χ1v) is 8.19. The molecule has 2 aromatic carbocycles. The van der Waals surface area contributed by atoms with E-state index in [0.717, 1.165) is 17.0 Å². The van der Waals surface area contributed by atoms with Gasteiger partial charge >= 0.3 is 0 Å². The summed E-state index contributed by atoms with van der Waals surface area (Å²) in [6.07, 6.45) is 0. The van der Waals surface area contributed by atoms with E-state index in [1.54, 1.807) is 7.11 Å². The molecular weight excluding hydrogens is 326 g/mol. The highest BCUT2D eigenvalue weighted by molar-refractivity contribution is 7.99. The maximum absolute atomic E-state index is 11.9. The second-order valence-corrected chi connectivity index (χ2v) is 5.74. The number of anilines is 1. The molecule has 0 bridgehead atoms. The van der Waals surface area contributed by atoms with Crippen LogP contribution in [-0.2, 0) is 4.79 Å². The second kappa shape index (κ2) is 7.65. The minimum absolute atomic E-state index is 0.129. The summed E-state index contributed by atoms with van der Waals surface area (Å²) in [6.45, 7) is 0. The molecule has 0 saturated carbocycles. The fourth-order valence-electron chi connectivity index (χ4n) is 1.97. The number of nitrogens with one attached hydrogen (secondary N) is 1. The number of nitrogens with zero attached hydrogens (tertiary/aromatic N) is 2. The van der Waals surface area contributed by atoms with Gasteiger partial charge in [-0.1, -0.05) is 35.1 Å². The molecule has 3 rings (SSSR count). The molecule has 0 radical (unpaired) electrons. The van der Waals surface area contributed by atoms with Crippen LogP contribution >= 0.6 is 11.8 Å². The van der Waals surface area contributed by atoms with E-state index in [4.69, 9.17) is 9.26 Å². The van der Waals surface area contributed by atoms with E-state index in [1.807, 2.05) is 54.6 Å². The van der Waals surface area contributed by atoms with Crippen LogP contribution in [0, 0.1) is 0 Å². The summed E-state index contributed by atoms with van der Waals surface area (Å²) < 4.78 is 10.3. The Morgan fingerprint density at radius 1 is 1.17 bits per heavy atom. The summed E-state index contributed by atoms with van der Waals surface area (Å²) in [5.74, 6) is 1.30. The zero-order chi connectivity index (χ0) is 16.8. The number of methoxy groups -OCH3 is 1. The predicted octanol–water partition coefficient (Wildman–Crippen LogP) is 3.48. The van der Waals surface area contributed by atoms with E-state index < -0.39 is 0 Å². The molecule has 0 unspecified atom stereocenters. The van der Waals surface area contributed by atoms with Crippen LogP contribution in [0.2, 0.25) is 0 Å². The SMILES string of the molecule is COc1ccc(-c2noc(SCC(=O)Nc3ccccc3)n2)cc1. The van der Waals surface area contributed by atoms with Gasteiger partial charge in [-0.25, -0.2) is 0 Å². The smallest absolute Gasteiger partial charge is 0.286 e. The van der Waals surface area contributed by atoms with Crippen LogP contribution in [-0.4, -0.2) is 28.9 Å². The second-order valence-electron chi connectivity index (χ2n) is 4.82. The van der Waals surface area contributed by atoms with Gasteiger partial charge in [0.2, 0.25) is 11.7 Å². The molecule has 3 aromatic rings. The third-order valence-corrected chi connectivity index (χ3v) is 3.96. The van der Waals surface area contributed by atoms with Crippen molar-refractivity contribution in [2.45, 2.75) is 5.22 Å². The molecule has 1 amide bonds. The van der Waals surface area contributed by atoms with E-state index in [9.17, 15) is 4.79 Å². The molecule has 0 aliphatic heterocycles. The quantitative estimate of drug-likeness (QED) is 0.692. The van der Waals surface area contributed by atoms with E-state index in [2.05, 4.69) is 15.5 Å². The Balaban J connectivity index is 1.56. The van der Waals surface area contributed by atoms with Gasteiger partial charge in [-0.3, -0.25) is 4.79 Å². The van der Waals surface area contributed by atoms with Crippen LogP contribution in [0.1, 0.15) is 0 Å². The maximum Gasteiger partial charge on any atom is 0.286 e. The van der Waals surface area contributed by atoms with Crippen molar-refractivity contribution >= 4 is 23.4 Å². The number of carbonyl (C=O) groups excluding carboxylic acids is 1. The lowest BCUT2D eigenvalue weighted by molar-refractivity contribution is -0.113. The van der Waals surface area contributed by atoms with Crippen molar-refractivity contribution in [3.63, 3.8) is 0 Å². The van der Waals surface area contributed by atoms with E-state index in [0.29, 0.717) is 11.0 Å². The normalized spacial score (nSPS) is 10.4. The van der Waals surface area contributed by atoms with E-state index in [1.165, 1.54) is 11.8 Å². The predicted molar refractivity (Wildman–Crippen MR) is 92.1 cm³/mol. The molecular formula is C17H15N3O3S. The van der Waals surface area contributed by atoms with Gasteiger partial charge in [0.25, 0.3) is 5.22 Å². The lowest BCUT2D eigenvalue weighted by Gasteiger charge is -2.02. The molecule has 0 fully saturated rings. The Bertz CT molecular complexity index is 803. The summed E-state index contributed by atoms with van der Waals surface area (Å²) in [5, 5.41) is 7.08. The van der Waals surface area contributed by atoms with Crippen molar-refractivity contribution in [2.75, 3.05) is 18.2 Å². The van der Waals surface area contributed by atoms with Crippen LogP contribution in [0.5, 0.6) is 5.75 Å². The van der Waals surface area contributed by atoms with Gasteiger partial charge in [0, 0.05) is 11.3 Å². The average Bonchev–Trinajstić information content (AvgIpc) is 3.10. The lowest BCUT2D eigenvalue weighted by Crippen LogP contribution is -2.13. The van der Waals surface area contributed by atoms with Gasteiger partial charge in [0.1, 0.15) is 5.75 Å². The molecule has 6 nitrogen and oxygen atoms in total. The Morgan fingerprint density at radius 3 is 2.62 bits per heavy atom. The Labute approximate surface area is 143 Å².